The number of carbonyl (C=O) groups excluding carboxylic acids is 1. The second-order valence-electron chi connectivity index (χ2n) is 5.21. The topological polar surface area (TPSA) is 66.3 Å². The zero-order valence-corrected chi connectivity index (χ0v) is 14.1. The summed E-state index contributed by atoms with van der Waals surface area (Å²) in [6, 6.07) is 14.4. The molecule has 0 aliphatic heterocycles. The van der Waals surface area contributed by atoms with E-state index >= 15 is 0 Å². The molecule has 132 valence electrons. The fourth-order valence-electron chi connectivity index (χ4n) is 2.10. The maximum absolute atomic E-state index is 12.9. The Bertz CT molecular complexity index is 924. The van der Waals surface area contributed by atoms with E-state index in [1.165, 1.54) is 42.5 Å². The number of carbonyl (C=O) groups is 1. The van der Waals surface area contributed by atoms with Gasteiger partial charge in [-0.05, 0) is 72.9 Å². The molecule has 8 heteroatoms. The number of rotatable bonds is 3. The molecule has 3 aromatic rings. The monoisotopic (exact) mass is 373 g/mol. The fourth-order valence-corrected chi connectivity index (χ4v) is 2.27. The van der Waals surface area contributed by atoms with Crippen LogP contribution in [0.3, 0.4) is 0 Å². The molecule has 0 aliphatic carbocycles. The summed E-state index contributed by atoms with van der Waals surface area (Å²) in [4.78, 5) is 12.1. The fraction of sp³-hybridized carbons (Fsp3) is 0. The first-order valence-electron chi connectivity index (χ1n) is 7.50. The highest BCUT2D eigenvalue weighted by Crippen LogP contribution is 2.22. The average molecular weight is 373 g/mol. The van der Waals surface area contributed by atoms with E-state index in [4.69, 9.17) is 16.6 Å². The lowest BCUT2D eigenvalue weighted by Gasteiger charge is -2.10. The number of benzene rings is 2. The maximum Gasteiger partial charge on any atom is 0.305 e. The first-order chi connectivity index (χ1) is 12.5. The number of furan rings is 1. The lowest BCUT2D eigenvalue weighted by molar-refractivity contribution is 0.0917. The van der Waals surface area contributed by atoms with Crippen molar-refractivity contribution in [3.8, 4) is 11.3 Å². The first kappa shape index (κ1) is 17.6. The van der Waals surface area contributed by atoms with E-state index in [1.54, 1.807) is 18.2 Å². The predicted octanol–water partition coefficient (Wildman–Crippen LogP) is 3.86. The number of hydrogen-bond acceptors (Lipinski definition) is 3. The molecule has 3 N–H and O–H groups in total. The Morgan fingerprint density at radius 3 is 2.12 bits per heavy atom. The van der Waals surface area contributed by atoms with Crippen molar-refractivity contribution >= 4 is 28.9 Å². The molecule has 5 nitrogen and oxygen atoms in total. The van der Waals surface area contributed by atoms with Crippen molar-refractivity contribution in [1.82, 2.24) is 10.9 Å². The molecule has 0 saturated carbocycles. The molecule has 26 heavy (non-hydrogen) atoms. The summed E-state index contributed by atoms with van der Waals surface area (Å²) >= 11 is 5.03. The maximum atomic E-state index is 12.9. The molecular weight excluding hydrogens is 360 g/mol. The van der Waals surface area contributed by atoms with Crippen molar-refractivity contribution in [3.63, 3.8) is 0 Å². The molecular formula is C18H13F2N3O2S. The molecule has 3 rings (SSSR count). The van der Waals surface area contributed by atoms with Crippen LogP contribution in [-0.4, -0.2) is 11.0 Å². The molecule has 0 bridgehead atoms. The van der Waals surface area contributed by atoms with Crippen LogP contribution < -0.4 is 16.2 Å². The van der Waals surface area contributed by atoms with Gasteiger partial charge < -0.3 is 9.73 Å². The number of anilines is 1. The zero-order valence-electron chi connectivity index (χ0n) is 13.3. The van der Waals surface area contributed by atoms with Crippen molar-refractivity contribution < 1.29 is 18.0 Å². The number of thiocarbonyl (C=S) groups is 1. The summed E-state index contributed by atoms with van der Waals surface area (Å²) in [5.41, 5.74) is 6.11. The molecule has 0 fully saturated rings. The first-order valence-corrected chi connectivity index (χ1v) is 7.91. The smallest absolute Gasteiger partial charge is 0.305 e. The van der Waals surface area contributed by atoms with Crippen LogP contribution in [0.1, 0.15) is 10.6 Å². The molecule has 0 atom stereocenters. The van der Waals surface area contributed by atoms with Gasteiger partial charge in [-0.25, -0.2) is 8.78 Å². The summed E-state index contributed by atoms with van der Waals surface area (Å²) in [7, 11) is 0. The normalized spacial score (nSPS) is 10.2. The number of nitrogens with one attached hydrogen (secondary N) is 3. The Hall–Kier alpha value is -3.26. The van der Waals surface area contributed by atoms with Crippen molar-refractivity contribution in [3.05, 3.63) is 78.1 Å². The second-order valence-corrected chi connectivity index (χ2v) is 5.62. The average Bonchev–Trinajstić information content (AvgIpc) is 3.12. The lowest BCUT2D eigenvalue weighted by Crippen LogP contribution is -2.43. The van der Waals surface area contributed by atoms with E-state index in [1.807, 2.05) is 0 Å². The third-order valence-electron chi connectivity index (χ3n) is 3.35. The lowest BCUT2D eigenvalue weighted by atomic mass is 10.2. The summed E-state index contributed by atoms with van der Waals surface area (Å²) in [5.74, 6) is -0.771. The minimum Gasteiger partial charge on any atom is -0.451 e. The molecule has 1 amide bonds. The Balaban J connectivity index is 1.55. The van der Waals surface area contributed by atoms with Crippen LogP contribution in [0.4, 0.5) is 14.5 Å². The molecule has 2 aromatic carbocycles. The van der Waals surface area contributed by atoms with E-state index in [0.717, 1.165) is 0 Å². The van der Waals surface area contributed by atoms with E-state index in [9.17, 15) is 13.6 Å². The Morgan fingerprint density at radius 2 is 1.46 bits per heavy atom. The van der Waals surface area contributed by atoms with Crippen LogP contribution in [0, 0.1) is 11.6 Å². The minimum atomic E-state index is -0.540. The molecule has 1 heterocycles. The van der Waals surface area contributed by atoms with Gasteiger partial charge in [0.15, 0.2) is 10.9 Å². The van der Waals surface area contributed by atoms with E-state index in [-0.39, 0.29) is 22.5 Å². The van der Waals surface area contributed by atoms with Crippen molar-refractivity contribution in [2.75, 3.05) is 5.32 Å². The highest BCUT2D eigenvalue weighted by Gasteiger charge is 2.12. The predicted molar refractivity (Wildman–Crippen MR) is 97.3 cm³/mol. The molecule has 1 aromatic heterocycles. The van der Waals surface area contributed by atoms with Crippen LogP contribution >= 0.6 is 12.2 Å². The number of hydrogen-bond donors (Lipinski definition) is 3. The van der Waals surface area contributed by atoms with Gasteiger partial charge in [0, 0.05) is 11.3 Å². The SMILES string of the molecule is O=C(NNC(=S)Nc1ccc(F)cc1)c1ccc(-c2ccc(F)cc2)o1. The summed E-state index contributed by atoms with van der Waals surface area (Å²) in [5, 5.41) is 2.91. The Labute approximate surface area is 153 Å². The molecule has 0 saturated heterocycles. The van der Waals surface area contributed by atoms with Gasteiger partial charge in [0.25, 0.3) is 0 Å². The highest BCUT2D eigenvalue weighted by atomic mass is 32.1. The van der Waals surface area contributed by atoms with Gasteiger partial charge in [0.1, 0.15) is 17.4 Å². The number of hydrazine groups is 1. The minimum absolute atomic E-state index is 0.0569. The van der Waals surface area contributed by atoms with Gasteiger partial charge in [0.05, 0.1) is 0 Å². The van der Waals surface area contributed by atoms with E-state index < -0.39 is 5.91 Å². The van der Waals surface area contributed by atoms with Crippen LogP contribution in [-0.2, 0) is 0 Å². The van der Waals surface area contributed by atoms with E-state index in [0.29, 0.717) is 17.0 Å². The van der Waals surface area contributed by atoms with Crippen molar-refractivity contribution in [2.45, 2.75) is 0 Å². The summed E-state index contributed by atoms with van der Waals surface area (Å²) < 4.78 is 31.3. The second kappa shape index (κ2) is 7.75. The van der Waals surface area contributed by atoms with Crippen LogP contribution in [0.5, 0.6) is 0 Å². The summed E-state index contributed by atoms with van der Waals surface area (Å²) in [6.45, 7) is 0. The van der Waals surface area contributed by atoms with Crippen LogP contribution in [0.2, 0.25) is 0 Å². The number of halogens is 2. The quantitative estimate of drug-likeness (QED) is 0.481. The molecule has 0 radical (unpaired) electrons. The van der Waals surface area contributed by atoms with Gasteiger partial charge in [-0.2, -0.15) is 0 Å². The molecule has 0 spiro atoms. The molecule has 0 aliphatic rings. The summed E-state index contributed by atoms with van der Waals surface area (Å²) in [6.07, 6.45) is 0. The van der Waals surface area contributed by atoms with Gasteiger partial charge >= 0.3 is 5.91 Å². The van der Waals surface area contributed by atoms with Gasteiger partial charge in [0.2, 0.25) is 0 Å². The van der Waals surface area contributed by atoms with Crippen LogP contribution in [0.15, 0.2) is 65.1 Å². The zero-order chi connectivity index (χ0) is 18.5. The highest BCUT2D eigenvalue weighted by molar-refractivity contribution is 7.80. The van der Waals surface area contributed by atoms with Gasteiger partial charge in [-0.15, -0.1) is 0 Å². The largest absolute Gasteiger partial charge is 0.451 e. The van der Waals surface area contributed by atoms with Crippen molar-refractivity contribution in [1.29, 1.82) is 0 Å². The third-order valence-corrected chi connectivity index (χ3v) is 3.55. The van der Waals surface area contributed by atoms with Crippen LogP contribution in [0.25, 0.3) is 11.3 Å². The van der Waals surface area contributed by atoms with Gasteiger partial charge in [-0.3, -0.25) is 15.6 Å². The standard InChI is InChI=1S/C18H13F2N3O2S/c19-12-3-1-11(2-4-12)15-9-10-16(25-15)17(24)22-23-18(26)21-14-7-5-13(20)6-8-14/h1-10H,(H,22,24)(H2,21,23,26). The Morgan fingerprint density at radius 1 is 0.846 bits per heavy atom. The van der Waals surface area contributed by atoms with Crippen molar-refractivity contribution in [2.24, 2.45) is 0 Å². The van der Waals surface area contributed by atoms with Gasteiger partial charge in [-0.1, -0.05) is 0 Å². The molecule has 0 unspecified atom stereocenters. The Kier molecular flexibility index (Phi) is 5.23. The number of amides is 1. The third kappa shape index (κ3) is 4.42. The van der Waals surface area contributed by atoms with E-state index in [2.05, 4.69) is 16.2 Å².